The Balaban J connectivity index is 1.58. The number of ether oxygens (including phenoxy) is 1. The van der Waals surface area contributed by atoms with Gasteiger partial charge in [-0.15, -0.1) is 0 Å². The van der Waals surface area contributed by atoms with E-state index in [0.717, 1.165) is 18.8 Å². The lowest BCUT2D eigenvalue weighted by molar-refractivity contribution is 0.0916. The third-order valence-electron chi connectivity index (χ3n) is 7.61. The molecule has 4 atom stereocenters. The van der Waals surface area contributed by atoms with Crippen molar-refractivity contribution < 1.29 is 9.53 Å². The van der Waals surface area contributed by atoms with Crippen molar-refractivity contribution in [1.82, 2.24) is 20.4 Å². The molecule has 0 radical (unpaired) electrons. The van der Waals surface area contributed by atoms with E-state index >= 15 is 0 Å². The second-order valence-electron chi connectivity index (χ2n) is 10.1. The molecule has 2 aromatic carbocycles. The highest BCUT2D eigenvalue weighted by Gasteiger charge is 2.41. The van der Waals surface area contributed by atoms with Gasteiger partial charge in [0.2, 0.25) is 5.88 Å². The number of fused-ring (bicyclic) bond motifs is 2. The van der Waals surface area contributed by atoms with Gasteiger partial charge in [-0.3, -0.25) is 4.79 Å². The van der Waals surface area contributed by atoms with Crippen LogP contribution in [0, 0.1) is 11.8 Å². The number of rotatable bonds is 9. The molecule has 2 saturated carbocycles. The molecule has 2 aliphatic rings. The van der Waals surface area contributed by atoms with Gasteiger partial charge in [0.1, 0.15) is 5.75 Å². The molecule has 37 heavy (non-hydrogen) atoms. The SMILES string of the molecule is CCC(C)NCc1c(C(=O)NC2CC3CCC2C3)nn(-c2ccc(Cl)cc2Cl)c1Oc1ccc(Cl)cc1. The van der Waals surface area contributed by atoms with E-state index in [1.165, 1.54) is 19.3 Å². The van der Waals surface area contributed by atoms with Gasteiger partial charge in [-0.25, -0.2) is 0 Å². The highest BCUT2D eigenvalue weighted by Crippen LogP contribution is 2.44. The van der Waals surface area contributed by atoms with Crippen molar-refractivity contribution in [2.24, 2.45) is 11.8 Å². The molecule has 2 fully saturated rings. The van der Waals surface area contributed by atoms with Gasteiger partial charge >= 0.3 is 0 Å². The number of hydrogen-bond donors (Lipinski definition) is 2. The van der Waals surface area contributed by atoms with Gasteiger partial charge < -0.3 is 15.4 Å². The highest BCUT2D eigenvalue weighted by atomic mass is 35.5. The van der Waals surface area contributed by atoms with Gasteiger partial charge in [0, 0.05) is 28.7 Å². The number of nitrogens with one attached hydrogen (secondary N) is 2. The number of hydrogen-bond acceptors (Lipinski definition) is 4. The summed E-state index contributed by atoms with van der Waals surface area (Å²) in [5, 5.41) is 13.1. The Hall–Kier alpha value is -2.25. The number of aromatic nitrogens is 2. The van der Waals surface area contributed by atoms with E-state index in [0.29, 0.717) is 56.1 Å². The fourth-order valence-corrected chi connectivity index (χ4v) is 6.01. The molecular weight excluding hydrogens is 531 g/mol. The van der Waals surface area contributed by atoms with Crippen LogP contribution < -0.4 is 15.4 Å². The van der Waals surface area contributed by atoms with E-state index in [1.807, 2.05) is 0 Å². The van der Waals surface area contributed by atoms with E-state index in [9.17, 15) is 4.79 Å². The lowest BCUT2D eigenvalue weighted by Gasteiger charge is -2.22. The Morgan fingerprint density at radius 2 is 1.86 bits per heavy atom. The fourth-order valence-electron chi connectivity index (χ4n) is 5.39. The van der Waals surface area contributed by atoms with Crippen LogP contribution in [0.4, 0.5) is 0 Å². The van der Waals surface area contributed by atoms with Crippen LogP contribution in [0.3, 0.4) is 0 Å². The largest absolute Gasteiger partial charge is 0.439 e. The van der Waals surface area contributed by atoms with Crippen molar-refractivity contribution in [1.29, 1.82) is 0 Å². The molecule has 2 N–H and O–H groups in total. The van der Waals surface area contributed by atoms with E-state index in [-0.39, 0.29) is 18.0 Å². The molecule has 9 heteroatoms. The van der Waals surface area contributed by atoms with E-state index in [1.54, 1.807) is 47.1 Å². The van der Waals surface area contributed by atoms with E-state index in [2.05, 4.69) is 24.5 Å². The van der Waals surface area contributed by atoms with Gasteiger partial charge in [0.05, 0.1) is 16.3 Å². The fraction of sp³-hybridized carbons (Fsp3) is 0.429. The first-order valence-electron chi connectivity index (χ1n) is 12.9. The summed E-state index contributed by atoms with van der Waals surface area (Å²) in [7, 11) is 0. The summed E-state index contributed by atoms with van der Waals surface area (Å²) in [5.41, 5.74) is 1.56. The van der Waals surface area contributed by atoms with Crippen molar-refractivity contribution in [3.05, 3.63) is 68.8 Å². The third-order valence-corrected chi connectivity index (χ3v) is 8.40. The van der Waals surface area contributed by atoms with Crippen LogP contribution in [0.25, 0.3) is 5.69 Å². The first-order chi connectivity index (χ1) is 17.8. The molecule has 2 bridgehead atoms. The summed E-state index contributed by atoms with van der Waals surface area (Å²) in [6.45, 7) is 4.63. The monoisotopic (exact) mass is 560 g/mol. The average molecular weight is 562 g/mol. The zero-order chi connectivity index (χ0) is 26.1. The van der Waals surface area contributed by atoms with Gasteiger partial charge in [0.25, 0.3) is 5.91 Å². The topological polar surface area (TPSA) is 68.2 Å². The molecular formula is C28H31Cl3N4O2. The normalized spacial score (nSPS) is 21.3. The standard InChI is InChI=1S/C28H31Cl3N4O2/c1-3-16(2)32-15-22-26(27(36)33-24-13-17-4-5-18(24)12-17)34-35(25-11-8-20(30)14-23(25)31)28(22)37-21-9-6-19(29)7-10-21/h6-11,14,16-18,24,32H,3-5,12-13,15H2,1-2H3,(H,33,36). The van der Waals surface area contributed by atoms with Crippen molar-refractivity contribution in [3.63, 3.8) is 0 Å². The Kier molecular flexibility index (Phi) is 8.01. The van der Waals surface area contributed by atoms with E-state index < -0.39 is 0 Å². The maximum atomic E-state index is 13.7. The van der Waals surface area contributed by atoms with E-state index in [4.69, 9.17) is 44.6 Å². The summed E-state index contributed by atoms with van der Waals surface area (Å²) < 4.78 is 7.98. The van der Waals surface area contributed by atoms with Crippen LogP contribution in [0.5, 0.6) is 11.6 Å². The lowest BCUT2D eigenvalue weighted by atomic mass is 9.95. The third kappa shape index (κ3) is 5.78. The summed E-state index contributed by atoms with van der Waals surface area (Å²) in [4.78, 5) is 13.7. The number of amides is 1. The first-order valence-corrected chi connectivity index (χ1v) is 14.0. The molecule has 0 spiro atoms. The molecule has 1 aromatic heterocycles. The minimum Gasteiger partial charge on any atom is -0.439 e. The minimum atomic E-state index is -0.191. The van der Waals surface area contributed by atoms with Gasteiger partial charge in [-0.1, -0.05) is 48.1 Å². The molecule has 1 heterocycles. The Labute approximate surface area is 232 Å². The van der Waals surface area contributed by atoms with Crippen LogP contribution >= 0.6 is 34.8 Å². The number of nitrogens with zero attached hydrogens (tertiary/aromatic N) is 2. The van der Waals surface area contributed by atoms with Crippen LogP contribution in [0.2, 0.25) is 15.1 Å². The summed E-state index contributed by atoms with van der Waals surface area (Å²) >= 11 is 18.9. The molecule has 1 amide bonds. The van der Waals surface area contributed by atoms with Crippen LogP contribution in [0.15, 0.2) is 42.5 Å². The molecule has 0 saturated heterocycles. The van der Waals surface area contributed by atoms with Crippen molar-refractivity contribution >= 4 is 40.7 Å². The second kappa shape index (κ2) is 11.2. The maximum absolute atomic E-state index is 13.7. The molecule has 0 aliphatic heterocycles. The Morgan fingerprint density at radius 1 is 1.11 bits per heavy atom. The molecule has 6 nitrogen and oxygen atoms in total. The van der Waals surface area contributed by atoms with Crippen molar-refractivity contribution in [2.45, 2.75) is 64.6 Å². The van der Waals surface area contributed by atoms with Crippen molar-refractivity contribution in [2.75, 3.05) is 0 Å². The van der Waals surface area contributed by atoms with Gasteiger partial charge in [-0.05, 0) is 86.9 Å². The average Bonchev–Trinajstić information content (AvgIpc) is 3.59. The van der Waals surface area contributed by atoms with Crippen LogP contribution in [-0.4, -0.2) is 27.8 Å². The smallest absolute Gasteiger partial charge is 0.272 e. The molecule has 3 aromatic rings. The quantitative estimate of drug-likeness (QED) is 0.285. The lowest BCUT2D eigenvalue weighted by Crippen LogP contribution is -2.39. The first kappa shape index (κ1) is 26.4. The predicted octanol–water partition coefficient (Wildman–Crippen LogP) is 7.43. The van der Waals surface area contributed by atoms with Crippen LogP contribution in [0.1, 0.15) is 62.0 Å². The predicted molar refractivity (Wildman–Crippen MR) is 148 cm³/mol. The highest BCUT2D eigenvalue weighted by molar-refractivity contribution is 6.35. The number of benzene rings is 2. The zero-order valence-corrected chi connectivity index (χ0v) is 23.2. The molecule has 196 valence electrons. The Morgan fingerprint density at radius 3 is 2.51 bits per heavy atom. The Bertz CT molecular complexity index is 1280. The minimum absolute atomic E-state index is 0.187. The molecule has 5 rings (SSSR count). The van der Waals surface area contributed by atoms with Gasteiger partial charge in [-0.2, -0.15) is 9.78 Å². The second-order valence-corrected chi connectivity index (χ2v) is 11.4. The summed E-state index contributed by atoms with van der Waals surface area (Å²) in [5.74, 6) is 2.06. The van der Waals surface area contributed by atoms with Crippen molar-refractivity contribution in [3.8, 4) is 17.3 Å². The maximum Gasteiger partial charge on any atom is 0.272 e. The molecule has 4 unspecified atom stereocenters. The number of carbonyl (C=O) groups is 1. The van der Waals surface area contributed by atoms with Crippen LogP contribution in [-0.2, 0) is 6.54 Å². The number of carbonyl (C=O) groups excluding carboxylic acids is 1. The summed E-state index contributed by atoms with van der Waals surface area (Å²) in [6.07, 6.45) is 5.63. The zero-order valence-electron chi connectivity index (χ0n) is 20.9. The van der Waals surface area contributed by atoms with Gasteiger partial charge in [0.15, 0.2) is 5.69 Å². The molecule has 2 aliphatic carbocycles. The summed E-state index contributed by atoms with van der Waals surface area (Å²) in [6, 6.07) is 12.7. The number of halogens is 3.